The van der Waals surface area contributed by atoms with Gasteiger partial charge in [-0.2, -0.15) is 0 Å². The number of nitrogens with zero attached hydrogens (tertiary/aromatic N) is 2. The number of imidazole rings is 1. The molecule has 0 amide bonds. The van der Waals surface area contributed by atoms with Crippen molar-refractivity contribution in [3.8, 4) is 0 Å². The maximum atomic E-state index is 12.3. The highest BCUT2D eigenvalue weighted by Crippen LogP contribution is 2.26. The molecule has 2 rings (SSSR count). The van der Waals surface area contributed by atoms with Crippen LogP contribution in [0.5, 0.6) is 0 Å². The van der Waals surface area contributed by atoms with E-state index < -0.39 is 10.0 Å². The summed E-state index contributed by atoms with van der Waals surface area (Å²) in [5, 5.41) is 11.0. The van der Waals surface area contributed by atoms with Crippen molar-refractivity contribution in [2.45, 2.75) is 37.8 Å². The minimum absolute atomic E-state index is 0.226. The third kappa shape index (κ3) is 4.13. The zero-order valence-electron chi connectivity index (χ0n) is 11.8. The molecule has 0 aliphatic carbocycles. The minimum atomic E-state index is -3.54. The third-order valence-electron chi connectivity index (χ3n) is 3.10. The lowest BCUT2D eigenvalue weighted by molar-refractivity contribution is 0.282. The number of thiophene rings is 1. The third-order valence-corrected chi connectivity index (χ3v) is 6.00. The lowest BCUT2D eigenvalue weighted by atomic mass is 10.3. The minimum Gasteiger partial charge on any atom is -0.391 e. The zero-order chi connectivity index (χ0) is 15.3. The van der Waals surface area contributed by atoms with Crippen molar-refractivity contribution in [2.75, 3.05) is 6.54 Å². The Morgan fingerprint density at radius 2 is 2.24 bits per heavy atom. The second-order valence-electron chi connectivity index (χ2n) is 4.73. The molecule has 21 heavy (non-hydrogen) atoms. The standard InChI is InChI=1S/C13H19N3O3S2/c1-11-9-20-12(8-17)13(11)21(18,19)15-4-2-3-6-16-7-5-14-10-16/h5,7,9-10,15,17H,2-4,6,8H2,1H3. The summed E-state index contributed by atoms with van der Waals surface area (Å²) in [6.45, 7) is 2.69. The second kappa shape index (κ2) is 7.17. The van der Waals surface area contributed by atoms with E-state index in [4.69, 9.17) is 0 Å². The van der Waals surface area contributed by atoms with E-state index in [9.17, 15) is 13.5 Å². The van der Waals surface area contributed by atoms with Crippen LogP contribution in [0.3, 0.4) is 0 Å². The first-order valence-electron chi connectivity index (χ1n) is 6.68. The van der Waals surface area contributed by atoms with Crippen molar-refractivity contribution in [1.29, 1.82) is 0 Å². The summed E-state index contributed by atoms with van der Waals surface area (Å²) in [6, 6.07) is 0. The van der Waals surface area contributed by atoms with Crippen LogP contribution in [-0.2, 0) is 23.2 Å². The molecule has 0 aliphatic heterocycles. The zero-order valence-corrected chi connectivity index (χ0v) is 13.5. The highest BCUT2D eigenvalue weighted by atomic mass is 32.2. The number of aliphatic hydroxyl groups is 1. The van der Waals surface area contributed by atoms with Gasteiger partial charge in [-0.15, -0.1) is 11.3 Å². The van der Waals surface area contributed by atoms with Crippen LogP contribution in [0.4, 0.5) is 0 Å². The van der Waals surface area contributed by atoms with Crippen LogP contribution in [0.1, 0.15) is 23.3 Å². The molecular formula is C13H19N3O3S2. The molecule has 0 radical (unpaired) electrons. The maximum absolute atomic E-state index is 12.3. The molecule has 2 aromatic rings. The van der Waals surface area contributed by atoms with Gasteiger partial charge >= 0.3 is 0 Å². The van der Waals surface area contributed by atoms with Gasteiger partial charge in [0.05, 0.1) is 17.8 Å². The van der Waals surface area contributed by atoms with Gasteiger partial charge in [0.1, 0.15) is 4.90 Å². The van der Waals surface area contributed by atoms with Crippen LogP contribution in [-0.4, -0.2) is 29.6 Å². The van der Waals surface area contributed by atoms with Gasteiger partial charge in [-0.1, -0.05) is 0 Å². The molecule has 6 nitrogen and oxygen atoms in total. The summed E-state index contributed by atoms with van der Waals surface area (Å²) in [4.78, 5) is 4.66. The number of aromatic nitrogens is 2. The van der Waals surface area contributed by atoms with Gasteiger partial charge in [0.25, 0.3) is 0 Å². The molecule has 0 spiro atoms. The molecule has 0 saturated heterocycles. The Morgan fingerprint density at radius 1 is 1.43 bits per heavy atom. The summed E-state index contributed by atoms with van der Waals surface area (Å²) >= 11 is 1.27. The fourth-order valence-electron chi connectivity index (χ4n) is 2.07. The number of sulfonamides is 1. The highest BCUT2D eigenvalue weighted by molar-refractivity contribution is 7.89. The Morgan fingerprint density at radius 3 is 2.90 bits per heavy atom. The van der Waals surface area contributed by atoms with Crippen molar-refractivity contribution in [1.82, 2.24) is 14.3 Å². The normalized spacial score (nSPS) is 11.9. The predicted octanol–water partition coefficient (Wildman–Crippen LogP) is 1.50. The van der Waals surface area contributed by atoms with Crippen molar-refractivity contribution in [2.24, 2.45) is 0 Å². The summed E-state index contributed by atoms with van der Waals surface area (Å²) in [6.07, 6.45) is 6.96. The van der Waals surface area contributed by atoms with Crippen LogP contribution in [0.25, 0.3) is 0 Å². The number of aryl methyl sites for hydroxylation is 2. The van der Waals surface area contributed by atoms with Crippen LogP contribution >= 0.6 is 11.3 Å². The van der Waals surface area contributed by atoms with Gasteiger partial charge in [-0.25, -0.2) is 18.1 Å². The number of aliphatic hydroxyl groups excluding tert-OH is 1. The van der Waals surface area contributed by atoms with Crippen LogP contribution in [0.2, 0.25) is 0 Å². The first-order valence-corrected chi connectivity index (χ1v) is 9.04. The lowest BCUT2D eigenvalue weighted by Crippen LogP contribution is -2.26. The largest absolute Gasteiger partial charge is 0.391 e. The molecule has 0 unspecified atom stereocenters. The van der Waals surface area contributed by atoms with Gasteiger partial charge in [0.15, 0.2) is 0 Å². The molecule has 2 aromatic heterocycles. The molecule has 0 saturated carbocycles. The van der Waals surface area contributed by atoms with Crippen molar-refractivity contribution in [3.05, 3.63) is 34.5 Å². The summed E-state index contributed by atoms with van der Waals surface area (Å²) in [5.74, 6) is 0. The molecule has 0 aromatic carbocycles. The molecular weight excluding hydrogens is 310 g/mol. The Bertz CT molecular complexity index is 663. The van der Waals surface area contributed by atoms with Crippen molar-refractivity contribution >= 4 is 21.4 Å². The monoisotopic (exact) mass is 329 g/mol. The first kappa shape index (κ1) is 16.2. The fourth-order valence-corrected chi connectivity index (χ4v) is 4.81. The quantitative estimate of drug-likeness (QED) is 0.719. The fraction of sp³-hybridized carbons (Fsp3) is 0.462. The molecule has 0 aliphatic rings. The molecule has 2 N–H and O–H groups in total. The number of hydrogen-bond acceptors (Lipinski definition) is 5. The van der Waals surface area contributed by atoms with E-state index >= 15 is 0 Å². The van der Waals surface area contributed by atoms with Gasteiger partial charge in [-0.05, 0) is 30.7 Å². The smallest absolute Gasteiger partial charge is 0.242 e. The average Bonchev–Trinajstić information content (AvgIpc) is 3.07. The van der Waals surface area contributed by atoms with Gasteiger partial charge in [-0.3, -0.25) is 0 Å². The Hall–Kier alpha value is -1.22. The number of hydrogen-bond donors (Lipinski definition) is 2. The molecule has 0 atom stereocenters. The first-order chi connectivity index (χ1) is 10.0. The molecule has 0 fully saturated rings. The van der Waals surface area contributed by atoms with E-state index in [1.807, 2.05) is 10.8 Å². The van der Waals surface area contributed by atoms with E-state index in [-0.39, 0.29) is 11.5 Å². The van der Waals surface area contributed by atoms with Gasteiger partial charge in [0, 0.05) is 25.5 Å². The summed E-state index contributed by atoms with van der Waals surface area (Å²) in [5.41, 5.74) is 0.676. The van der Waals surface area contributed by atoms with Crippen LogP contribution < -0.4 is 4.72 Å². The van der Waals surface area contributed by atoms with E-state index in [0.717, 1.165) is 19.4 Å². The van der Waals surface area contributed by atoms with Gasteiger partial charge < -0.3 is 9.67 Å². The molecule has 8 heteroatoms. The van der Waals surface area contributed by atoms with Crippen molar-refractivity contribution in [3.63, 3.8) is 0 Å². The Balaban J connectivity index is 1.85. The SMILES string of the molecule is Cc1csc(CO)c1S(=O)(=O)NCCCCn1ccnc1. The van der Waals surface area contributed by atoms with E-state index in [0.29, 0.717) is 17.0 Å². The van der Waals surface area contributed by atoms with E-state index in [2.05, 4.69) is 9.71 Å². The number of unbranched alkanes of at least 4 members (excludes halogenated alkanes) is 1. The number of nitrogens with one attached hydrogen (secondary N) is 1. The van der Waals surface area contributed by atoms with Crippen LogP contribution in [0.15, 0.2) is 29.0 Å². The Kier molecular flexibility index (Phi) is 5.51. The van der Waals surface area contributed by atoms with E-state index in [1.165, 1.54) is 11.3 Å². The average molecular weight is 329 g/mol. The number of rotatable bonds is 8. The highest BCUT2D eigenvalue weighted by Gasteiger charge is 2.21. The predicted molar refractivity (Wildman–Crippen MR) is 81.6 cm³/mol. The molecule has 2 heterocycles. The Labute approximate surface area is 128 Å². The maximum Gasteiger partial charge on any atom is 0.242 e. The summed E-state index contributed by atoms with van der Waals surface area (Å²) < 4.78 is 29.1. The lowest BCUT2D eigenvalue weighted by Gasteiger charge is -2.08. The van der Waals surface area contributed by atoms with E-state index in [1.54, 1.807) is 24.8 Å². The van der Waals surface area contributed by atoms with Gasteiger partial charge in [0.2, 0.25) is 10.0 Å². The topological polar surface area (TPSA) is 84.2 Å². The molecule has 0 bridgehead atoms. The summed E-state index contributed by atoms with van der Waals surface area (Å²) in [7, 11) is -3.54. The van der Waals surface area contributed by atoms with Crippen molar-refractivity contribution < 1.29 is 13.5 Å². The van der Waals surface area contributed by atoms with Crippen LogP contribution in [0, 0.1) is 6.92 Å². The second-order valence-corrected chi connectivity index (χ2v) is 7.40. The molecule has 116 valence electrons.